The third-order valence-electron chi connectivity index (χ3n) is 4.84. The predicted molar refractivity (Wildman–Crippen MR) is 80.9 cm³/mol. The van der Waals surface area contributed by atoms with Crippen molar-refractivity contribution in [3.63, 3.8) is 0 Å². The zero-order valence-corrected chi connectivity index (χ0v) is 12.7. The Morgan fingerprint density at radius 1 is 1.15 bits per heavy atom. The van der Waals surface area contributed by atoms with Gasteiger partial charge in [0.2, 0.25) is 0 Å². The fraction of sp³-hybridized carbons (Fsp3) is 0.688. The van der Waals surface area contributed by atoms with Gasteiger partial charge in [-0.1, -0.05) is 19.3 Å². The Balaban J connectivity index is 1.39. The van der Waals surface area contributed by atoms with Crippen LogP contribution in [0, 0.1) is 0 Å². The van der Waals surface area contributed by atoms with Crippen LogP contribution in [-0.4, -0.2) is 22.9 Å². The number of nitrogens with zero attached hydrogens (tertiary/aromatic N) is 1. The van der Waals surface area contributed by atoms with Crippen LogP contribution in [0.1, 0.15) is 65.1 Å². The van der Waals surface area contributed by atoms with Gasteiger partial charge in [-0.15, -0.1) is 11.3 Å². The fourth-order valence-electron chi connectivity index (χ4n) is 3.51. The van der Waals surface area contributed by atoms with Gasteiger partial charge in [0.1, 0.15) is 0 Å². The molecule has 3 nitrogen and oxygen atoms in total. The Hall–Kier alpha value is -0.870. The van der Waals surface area contributed by atoms with Crippen LogP contribution >= 0.6 is 11.3 Å². The van der Waals surface area contributed by atoms with E-state index in [4.69, 9.17) is 0 Å². The lowest BCUT2D eigenvalue weighted by molar-refractivity contribution is 0.0931. The standard InChI is InChI=1S/C16H22N2OS/c19-16(17-12-4-2-1-3-5-12)14-8-11-9-18(13-6-7-13)10-15(11)20-14/h8,12-13H,1-7,9-10H2,(H,17,19). The number of amides is 1. The van der Waals surface area contributed by atoms with E-state index in [1.807, 2.05) is 0 Å². The van der Waals surface area contributed by atoms with Crippen molar-refractivity contribution in [1.29, 1.82) is 0 Å². The summed E-state index contributed by atoms with van der Waals surface area (Å²) in [6.45, 7) is 2.13. The number of hydrogen-bond donors (Lipinski definition) is 1. The van der Waals surface area contributed by atoms with Crippen LogP contribution in [0.15, 0.2) is 6.07 Å². The average Bonchev–Trinajstić information content (AvgIpc) is 3.10. The van der Waals surface area contributed by atoms with Crippen LogP contribution in [0.3, 0.4) is 0 Å². The minimum atomic E-state index is 0.161. The molecule has 4 heteroatoms. The summed E-state index contributed by atoms with van der Waals surface area (Å²) in [5.74, 6) is 0.161. The quantitative estimate of drug-likeness (QED) is 0.926. The van der Waals surface area contributed by atoms with E-state index in [2.05, 4.69) is 16.3 Å². The molecule has 0 radical (unpaired) electrons. The first-order chi connectivity index (χ1) is 9.79. The van der Waals surface area contributed by atoms with E-state index < -0.39 is 0 Å². The summed E-state index contributed by atoms with van der Waals surface area (Å²) in [6, 6.07) is 3.38. The van der Waals surface area contributed by atoms with Crippen LogP contribution in [0.25, 0.3) is 0 Å². The molecule has 4 rings (SSSR count). The fourth-order valence-corrected chi connectivity index (χ4v) is 4.61. The number of rotatable bonds is 3. The molecule has 1 aromatic heterocycles. The van der Waals surface area contributed by atoms with Crippen molar-refractivity contribution in [2.75, 3.05) is 0 Å². The molecule has 108 valence electrons. The van der Waals surface area contributed by atoms with E-state index >= 15 is 0 Å². The molecule has 20 heavy (non-hydrogen) atoms. The number of fused-ring (bicyclic) bond motifs is 1. The molecule has 1 amide bonds. The molecular formula is C16H22N2OS. The highest BCUT2D eigenvalue weighted by molar-refractivity contribution is 7.14. The molecule has 3 aliphatic rings. The van der Waals surface area contributed by atoms with E-state index in [1.165, 1.54) is 42.5 Å². The third-order valence-corrected chi connectivity index (χ3v) is 6.01. The Morgan fingerprint density at radius 2 is 1.95 bits per heavy atom. The second kappa shape index (κ2) is 5.15. The molecule has 2 heterocycles. The average molecular weight is 290 g/mol. The summed E-state index contributed by atoms with van der Waals surface area (Å²) in [5.41, 5.74) is 1.40. The summed E-state index contributed by atoms with van der Waals surface area (Å²) < 4.78 is 0. The molecular weight excluding hydrogens is 268 g/mol. The van der Waals surface area contributed by atoms with Gasteiger partial charge in [0.25, 0.3) is 5.91 Å². The van der Waals surface area contributed by atoms with Gasteiger partial charge in [0.05, 0.1) is 4.88 Å². The molecule has 1 aromatic rings. The van der Waals surface area contributed by atoms with Crippen molar-refractivity contribution >= 4 is 17.2 Å². The first kappa shape index (κ1) is 12.8. The topological polar surface area (TPSA) is 32.3 Å². The van der Waals surface area contributed by atoms with Crippen molar-refractivity contribution in [3.8, 4) is 0 Å². The number of hydrogen-bond acceptors (Lipinski definition) is 3. The lowest BCUT2D eigenvalue weighted by Crippen LogP contribution is -2.35. The SMILES string of the molecule is O=C(NC1CCCCC1)c1cc2c(s1)CN(C1CC1)C2. The van der Waals surface area contributed by atoms with E-state index in [0.29, 0.717) is 6.04 Å². The largest absolute Gasteiger partial charge is 0.349 e. The first-order valence-corrected chi connectivity index (χ1v) is 8.78. The maximum Gasteiger partial charge on any atom is 0.261 e. The summed E-state index contributed by atoms with van der Waals surface area (Å²) >= 11 is 1.71. The number of carbonyl (C=O) groups is 1. The van der Waals surface area contributed by atoms with E-state index in [1.54, 1.807) is 11.3 Å². The molecule has 0 unspecified atom stereocenters. The normalized spacial score (nSPS) is 23.8. The highest BCUT2D eigenvalue weighted by atomic mass is 32.1. The first-order valence-electron chi connectivity index (χ1n) is 7.96. The minimum absolute atomic E-state index is 0.161. The zero-order chi connectivity index (χ0) is 13.5. The molecule has 0 atom stereocenters. The van der Waals surface area contributed by atoms with E-state index in [0.717, 1.165) is 36.9 Å². The van der Waals surface area contributed by atoms with Crippen molar-refractivity contribution in [1.82, 2.24) is 10.2 Å². The van der Waals surface area contributed by atoms with Crippen molar-refractivity contribution in [2.24, 2.45) is 0 Å². The molecule has 1 aliphatic heterocycles. The van der Waals surface area contributed by atoms with Crippen LogP contribution in [-0.2, 0) is 13.1 Å². The highest BCUT2D eigenvalue weighted by Gasteiger charge is 2.34. The van der Waals surface area contributed by atoms with Gasteiger partial charge in [0.15, 0.2) is 0 Å². The monoisotopic (exact) mass is 290 g/mol. The second-order valence-electron chi connectivity index (χ2n) is 6.50. The zero-order valence-electron chi connectivity index (χ0n) is 11.9. The second-order valence-corrected chi connectivity index (χ2v) is 7.64. The molecule has 0 aromatic carbocycles. The smallest absolute Gasteiger partial charge is 0.261 e. The Bertz CT molecular complexity index is 491. The Labute approximate surface area is 124 Å². The molecule has 2 saturated carbocycles. The number of carbonyl (C=O) groups excluding carboxylic acids is 1. The van der Waals surface area contributed by atoms with Gasteiger partial charge in [-0.2, -0.15) is 0 Å². The van der Waals surface area contributed by atoms with Crippen LogP contribution in [0.5, 0.6) is 0 Å². The summed E-state index contributed by atoms with van der Waals surface area (Å²) in [4.78, 5) is 17.2. The maximum absolute atomic E-state index is 12.3. The lowest BCUT2D eigenvalue weighted by Gasteiger charge is -2.22. The third kappa shape index (κ3) is 2.51. The Morgan fingerprint density at radius 3 is 2.65 bits per heavy atom. The van der Waals surface area contributed by atoms with Crippen molar-refractivity contribution in [3.05, 3.63) is 21.4 Å². The summed E-state index contributed by atoms with van der Waals surface area (Å²) in [6.07, 6.45) is 8.91. The van der Waals surface area contributed by atoms with Crippen LogP contribution < -0.4 is 5.32 Å². The molecule has 0 saturated heterocycles. The molecule has 0 bridgehead atoms. The van der Waals surface area contributed by atoms with Gasteiger partial charge in [-0.25, -0.2) is 0 Å². The highest BCUT2D eigenvalue weighted by Crippen LogP contribution is 2.38. The number of thiophene rings is 1. The van der Waals surface area contributed by atoms with Crippen LogP contribution in [0.2, 0.25) is 0 Å². The lowest BCUT2D eigenvalue weighted by atomic mass is 9.95. The molecule has 2 fully saturated rings. The van der Waals surface area contributed by atoms with E-state index in [9.17, 15) is 4.79 Å². The predicted octanol–water partition coefficient (Wildman–Crippen LogP) is 3.29. The van der Waals surface area contributed by atoms with Crippen molar-refractivity contribution < 1.29 is 4.79 Å². The van der Waals surface area contributed by atoms with Gasteiger partial charge in [-0.3, -0.25) is 9.69 Å². The van der Waals surface area contributed by atoms with E-state index in [-0.39, 0.29) is 5.91 Å². The van der Waals surface area contributed by atoms with Crippen LogP contribution in [0.4, 0.5) is 0 Å². The van der Waals surface area contributed by atoms with Gasteiger partial charge in [-0.05, 0) is 37.3 Å². The Kier molecular flexibility index (Phi) is 3.31. The molecule has 0 spiro atoms. The molecule has 2 aliphatic carbocycles. The number of nitrogens with one attached hydrogen (secondary N) is 1. The van der Waals surface area contributed by atoms with Crippen molar-refractivity contribution in [2.45, 2.75) is 70.1 Å². The molecule has 1 N–H and O–H groups in total. The van der Waals surface area contributed by atoms with Gasteiger partial charge in [0, 0.05) is 30.1 Å². The summed E-state index contributed by atoms with van der Waals surface area (Å²) in [5, 5.41) is 3.23. The van der Waals surface area contributed by atoms with Gasteiger partial charge >= 0.3 is 0 Å². The minimum Gasteiger partial charge on any atom is -0.349 e. The van der Waals surface area contributed by atoms with Gasteiger partial charge < -0.3 is 5.32 Å². The summed E-state index contributed by atoms with van der Waals surface area (Å²) in [7, 11) is 0. The maximum atomic E-state index is 12.3.